The van der Waals surface area contributed by atoms with E-state index in [1.54, 1.807) is 18.5 Å². The third-order valence-corrected chi connectivity index (χ3v) is 7.07. The van der Waals surface area contributed by atoms with Crippen molar-refractivity contribution in [1.82, 2.24) is 20.1 Å². The van der Waals surface area contributed by atoms with E-state index in [1.165, 1.54) is 16.2 Å². The second-order valence-electron chi connectivity index (χ2n) is 8.04. The summed E-state index contributed by atoms with van der Waals surface area (Å²) in [5, 5.41) is 6.90. The molecule has 4 heterocycles. The number of likely N-dealkylation sites (tertiary alicyclic amines) is 1. The number of nitrogens with zero attached hydrogens (tertiary/aromatic N) is 3. The van der Waals surface area contributed by atoms with E-state index >= 15 is 0 Å². The molecule has 7 nitrogen and oxygen atoms in total. The lowest BCUT2D eigenvalue weighted by atomic mass is 9.73. The number of hydrogen-bond donors (Lipinski definition) is 1. The van der Waals surface area contributed by atoms with Crippen LogP contribution in [-0.4, -0.2) is 45.7 Å². The molecule has 0 aromatic carbocycles. The standard InChI is InChI=1S/C23H26N4O3S/c1-3-16(2)20(28)26-10-6-18(7-11-26)23(19-5-4-9-24-13-19)21(29)27(22(30)25-23)14-17-8-12-31-15-17/h3-5,8-9,12-13,15,18H,6-7,10-11,14H2,1-2H3,(H,25,30)/b16-3+. The quantitative estimate of drug-likeness (QED) is 0.574. The number of urea groups is 1. The van der Waals surface area contributed by atoms with Crippen LogP contribution in [0.3, 0.4) is 0 Å². The van der Waals surface area contributed by atoms with Gasteiger partial charge in [-0.2, -0.15) is 11.3 Å². The average molecular weight is 439 g/mol. The lowest BCUT2D eigenvalue weighted by Gasteiger charge is -2.41. The molecule has 2 aromatic heterocycles. The molecule has 0 aliphatic carbocycles. The molecule has 31 heavy (non-hydrogen) atoms. The summed E-state index contributed by atoms with van der Waals surface area (Å²) in [5.74, 6) is -0.348. The molecule has 2 aliphatic heterocycles. The number of allylic oxidation sites excluding steroid dienone is 1. The zero-order valence-corrected chi connectivity index (χ0v) is 18.5. The minimum Gasteiger partial charge on any atom is -0.339 e. The number of nitrogens with one attached hydrogen (secondary N) is 1. The van der Waals surface area contributed by atoms with Crippen molar-refractivity contribution in [2.45, 2.75) is 38.8 Å². The number of amides is 4. The van der Waals surface area contributed by atoms with Gasteiger partial charge in [-0.05, 0) is 61.1 Å². The molecule has 8 heteroatoms. The Morgan fingerprint density at radius 3 is 2.71 bits per heavy atom. The van der Waals surface area contributed by atoms with E-state index in [0.29, 0.717) is 37.1 Å². The molecule has 4 amide bonds. The Kier molecular flexibility index (Phi) is 5.91. The fourth-order valence-electron chi connectivity index (χ4n) is 4.50. The molecule has 1 atom stereocenters. The molecule has 2 aliphatic rings. The van der Waals surface area contributed by atoms with Gasteiger partial charge in [-0.15, -0.1) is 0 Å². The summed E-state index contributed by atoms with van der Waals surface area (Å²) in [6.45, 7) is 5.00. The molecular weight excluding hydrogens is 412 g/mol. The van der Waals surface area contributed by atoms with Crippen molar-refractivity contribution in [2.24, 2.45) is 5.92 Å². The van der Waals surface area contributed by atoms with Crippen LogP contribution >= 0.6 is 11.3 Å². The molecule has 1 unspecified atom stereocenters. The maximum atomic E-state index is 13.8. The number of rotatable bonds is 5. The van der Waals surface area contributed by atoms with Crippen molar-refractivity contribution in [3.63, 3.8) is 0 Å². The largest absolute Gasteiger partial charge is 0.339 e. The molecule has 0 saturated carbocycles. The number of piperidine rings is 1. The Bertz CT molecular complexity index is 997. The normalized spacial score (nSPS) is 22.7. The molecule has 2 aromatic rings. The van der Waals surface area contributed by atoms with Gasteiger partial charge in [0.25, 0.3) is 5.91 Å². The van der Waals surface area contributed by atoms with Gasteiger partial charge in [0.2, 0.25) is 5.91 Å². The molecular formula is C23H26N4O3S. The maximum Gasteiger partial charge on any atom is 0.325 e. The van der Waals surface area contributed by atoms with Gasteiger partial charge in [0.05, 0.1) is 6.54 Å². The van der Waals surface area contributed by atoms with Crippen molar-refractivity contribution in [3.8, 4) is 0 Å². The molecule has 2 fully saturated rings. The number of hydrogen-bond acceptors (Lipinski definition) is 5. The SMILES string of the molecule is C/C=C(\C)C(=O)N1CCC(C2(c3cccnc3)NC(=O)N(Cc3ccsc3)C2=O)CC1. The van der Waals surface area contributed by atoms with Gasteiger partial charge < -0.3 is 10.2 Å². The van der Waals surface area contributed by atoms with Crippen LogP contribution in [0, 0.1) is 5.92 Å². The molecule has 1 N–H and O–H groups in total. The molecule has 2 saturated heterocycles. The summed E-state index contributed by atoms with van der Waals surface area (Å²) >= 11 is 1.54. The molecule has 0 spiro atoms. The van der Waals surface area contributed by atoms with E-state index in [1.807, 2.05) is 47.7 Å². The van der Waals surface area contributed by atoms with Crippen LogP contribution < -0.4 is 5.32 Å². The molecule has 0 radical (unpaired) electrons. The predicted molar refractivity (Wildman–Crippen MR) is 118 cm³/mol. The first-order valence-corrected chi connectivity index (χ1v) is 11.4. The topological polar surface area (TPSA) is 82.6 Å². The van der Waals surface area contributed by atoms with Crippen LogP contribution in [0.4, 0.5) is 4.79 Å². The van der Waals surface area contributed by atoms with Gasteiger partial charge in [-0.1, -0.05) is 12.1 Å². The highest BCUT2D eigenvalue weighted by Gasteiger charge is 2.57. The van der Waals surface area contributed by atoms with Crippen LogP contribution in [0.1, 0.15) is 37.8 Å². The lowest BCUT2D eigenvalue weighted by Crippen LogP contribution is -2.54. The van der Waals surface area contributed by atoms with Crippen LogP contribution in [0.5, 0.6) is 0 Å². The van der Waals surface area contributed by atoms with Crippen molar-refractivity contribution < 1.29 is 14.4 Å². The number of aromatic nitrogens is 1. The fourth-order valence-corrected chi connectivity index (χ4v) is 5.16. The van der Waals surface area contributed by atoms with Gasteiger partial charge in [-0.25, -0.2) is 4.79 Å². The predicted octanol–water partition coefficient (Wildman–Crippen LogP) is 3.30. The summed E-state index contributed by atoms with van der Waals surface area (Å²) in [6, 6.07) is 5.17. The Balaban J connectivity index is 1.63. The van der Waals surface area contributed by atoms with Gasteiger partial charge in [-0.3, -0.25) is 19.5 Å². The van der Waals surface area contributed by atoms with Gasteiger partial charge in [0.15, 0.2) is 5.54 Å². The summed E-state index contributed by atoms with van der Waals surface area (Å²) < 4.78 is 0. The highest BCUT2D eigenvalue weighted by Crippen LogP contribution is 2.41. The van der Waals surface area contributed by atoms with Crippen molar-refractivity contribution >= 4 is 29.2 Å². The number of thiophene rings is 1. The highest BCUT2D eigenvalue weighted by molar-refractivity contribution is 7.07. The molecule has 162 valence electrons. The monoisotopic (exact) mass is 438 g/mol. The maximum absolute atomic E-state index is 13.8. The zero-order valence-electron chi connectivity index (χ0n) is 17.7. The third-order valence-electron chi connectivity index (χ3n) is 6.33. The Labute approximate surface area is 185 Å². The smallest absolute Gasteiger partial charge is 0.325 e. The second-order valence-corrected chi connectivity index (χ2v) is 8.82. The minimum atomic E-state index is -1.16. The first kappa shape index (κ1) is 21.2. The van der Waals surface area contributed by atoms with E-state index in [-0.39, 0.29) is 30.3 Å². The van der Waals surface area contributed by atoms with E-state index in [9.17, 15) is 14.4 Å². The molecule has 0 bridgehead atoms. The second kappa shape index (κ2) is 8.63. The fraction of sp³-hybridized carbons (Fsp3) is 0.391. The van der Waals surface area contributed by atoms with Crippen LogP contribution in [0.15, 0.2) is 53.0 Å². The molecule has 4 rings (SSSR count). The van der Waals surface area contributed by atoms with Gasteiger partial charge in [0, 0.05) is 36.6 Å². The van der Waals surface area contributed by atoms with E-state index in [2.05, 4.69) is 10.3 Å². The number of pyridine rings is 1. The summed E-state index contributed by atoms with van der Waals surface area (Å²) in [4.78, 5) is 46.6. The van der Waals surface area contributed by atoms with E-state index in [4.69, 9.17) is 0 Å². The van der Waals surface area contributed by atoms with Crippen molar-refractivity contribution in [1.29, 1.82) is 0 Å². The lowest BCUT2D eigenvalue weighted by molar-refractivity contribution is -0.135. The third kappa shape index (κ3) is 3.76. The van der Waals surface area contributed by atoms with Gasteiger partial charge in [0.1, 0.15) is 0 Å². The number of carbonyl (C=O) groups excluding carboxylic acids is 3. The van der Waals surface area contributed by atoms with Crippen molar-refractivity contribution in [2.75, 3.05) is 13.1 Å². The number of imide groups is 1. The van der Waals surface area contributed by atoms with Crippen LogP contribution in [0.2, 0.25) is 0 Å². The minimum absolute atomic E-state index is 0.0252. The first-order chi connectivity index (χ1) is 15.0. The summed E-state index contributed by atoms with van der Waals surface area (Å²) in [6.07, 6.45) is 6.37. The zero-order chi connectivity index (χ0) is 22.0. The Morgan fingerprint density at radius 2 is 2.10 bits per heavy atom. The highest BCUT2D eigenvalue weighted by atomic mass is 32.1. The number of carbonyl (C=O) groups is 3. The first-order valence-electron chi connectivity index (χ1n) is 10.4. The Morgan fingerprint density at radius 1 is 1.32 bits per heavy atom. The average Bonchev–Trinajstić information content (AvgIpc) is 3.41. The Hall–Kier alpha value is -3.00. The van der Waals surface area contributed by atoms with Crippen LogP contribution in [0.25, 0.3) is 0 Å². The van der Waals surface area contributed by atoms with Gasteiger partial charge >= 0.3 is 6.03 Å². The van der Waals surface area contributed by atoms with Crippen molar-refractivity contribution in [3.05, 3.63) is 64.1 Å². The summed E-state index contributed by atoms with van der Waals surface area (Å²) in [7, 11) is 0. The van der Waals surface area contributed by atoms with E-state index < -0.39 is 5.54 Å². The van der Waals surface area contributed by atoms with E-state index in [0.717, 1.165) is 5.56 Å². The van der Waals surface area contributed by atoms with Crippen LogP contribution in [-0.2, 0) is 21.7 Å². The summed E-state index contributed by atoms with van der Waals surface area (Å²) in [5.41, 5.74) is 1.17.